The Morgan fingerprint density at radius 3 is 2.33 bits per heavy atom. The summed E-state index contributed by atoms with van der Waals surface area (Å²) < 4.78 is 5.47. The van der Waals surface area contributed by atoms with Crippen LogP contribution >= 0.6 is 0 Å². The molecule has 0 aromatic heterocycles. The van der Waals surface area contributed by atoms with Gasteiger partial charge in [0.1, 0.15) is 0 Å². The van der Waals surface area contributed by atoms with Crippen molar-refractivity contribution in [3.63, 3.8) is 0 Å². The average molecular weight is 590 g/mol. The molecule has 2 amide bonds. The van der Waals surface area contributed by atoms with E-state index < -0.39 is 28.1 Å². The van der Waals surface area contributed by atoms with Gasteiger partial charge in [-0.3, -0.25) is 29.5 Å². The van der Waals surface area contributed by atoms with Gasteiger partial charge < -0.3 is 20.7 Å². The van der Waals surface area contributed by atoms with Crippen LogP contribution in [0.4, 0.5) is 5.69 Å². The summed E-state index contributed by atoms with van der Waals surface area (Å²) >= 11 is 0. The Morgan fingerprint density at radius 1 is 1.09 bits per heavy atom. The normalized spacial score (nSPS) is 20.2. The molecular formula is C32H39N5O6. The van der Waals surface area contributed by atoms with Crippen molar-refractivity contribution >= 4 is 29.2 Å². The number of hydrogen-bond acceptors (Lipinski definition) is 8. The number of nitrogens with zero attached hydrogens (tertiary/aromatic N) is 3. The van der Waals surface area contributed by atoms with E-state index in [4.69, 9.17) is 10.5 Å². The number of amides is 2. The Morgan fingerprint density at radius 2 is 1.74 bits per heavy atom. The first kappa shape index (κ1) is 31.6. The molecule has 2 aromatic carbocycles. The number of nitrogens with two attached hydrogens (primary N) is 1. The molecule has 1 saturated heterocycles. The molecule has 2 unspecified atom stereocenters. The third-order valence-electron chi connectivity index (χ3n) is 8.48. The molecule has 2 heterocycles. The van der Waals surface area contributed by atoms with Crippen LogP contribution in [-0.4, -0.2) is 66.1 Å². The van der Waals surface area contributed by atoms with Crippen LogP contribution < -0.4 is 11.1 Å². The second-order valence-corrected chi connectivity index (χ2v) is 11.1. The van der Waals surface area contributed by atoms with E-state index in [-0.39, 0.29) is 17.6 Å². The first-order valence-electron chi connectivity index (χ1n) is 14.6. The molecule has 2 aliphatic heterocycles. The molecule has 0 saturated carbocycles. The molecule has 2 aliphatic rings. The Balaban J connectivity index is 1.40. The van der Waals surface area contributed by atoms with Gasteiger partial charge in [-0.2, -0.15) is 0 Å². The van der Waals surface area contributed by atoms with Crippen molar-refractivity contribution in [3.8, 4) is 0 Å². The van der Waals surface area contributed by atoms with Gasteiger partial charge in [0.2, 0.25) is 11.8 Å². The highest BCUT2D eigenvalue weighted by Crippen LogP contribution is 2.40. The summed E-state index contributed by atoms with van der Waals surface area (Å²) in [6, 6.07) is 15.6. The number of nitro benzene ring substituents is 1. The first-order valence-corrected chi connectivity index (χ1v) is 14.6. The fourth-order valence-electron chi connectivity index (χ4n) is 6.26. The van der Waals surface area contributed by atoms with Gasteiger partial charge in [-0.25, -0.2) is 0 Å². The van der Waals surface area contributed by atoms with E-state index in [9.17, 15) is 24.5 Å². The molecule has 2 aromatic rings. The van der Waals surface area contributed by atoms with E-state index in [2.05, 4.69) is 15.2 Å². The number of primary amides is 1. The Bertz CT molecular complexity index is 1410. The van der Waals surface area contributed by atoms with Gasteiger partial charge in [-0.05, 0) is 70.8 Å². The minimum Gasteiger partial charge on any atom is -0.465 e. The van der Waals surface area contributed by atoms with E-state index in [0.29, 0.717) is 55.0 Å². The van der Waals surface area contributed by atoms with Crippen LogP contribution in [0.1, 0.15) is 57.1 Å². The van der Waals surface area contributed by atoms with Crippen LogP contribution in [0, 0.1) is 16.0 Å². The van der Waals surface area contributed by atoms with Crippen LogP contribution in [-0.2, 0) is 24.5 Å². The van der Waals surface area contributed by atoms with Gasteiger partial charge in [0.25, 0.3) is 5.69 Å². The maximum absolute atomic E-state index is 13.5. The smallest absolute Gasteiger partial charge is 0.316 e. The molecule has 1 fully saturated rings. The topological polar surface area (TPSA) is 157 Å². The Kier molecular flexibility index (Phi) is 10.1. The number of nitrogens with one attached hydrogen (secondary N) is 1. The number of rotatable bonds is 11. The molecule has 3 N–H and O–H groups in total. The maximum atomic E-state index is 13.5. The Hall–Kier alpha value is -4.38. The predicted molar refractivity (Wildman–Crippen MR) is 162 cm³/mol. The molecule has 2 atom stereocenters. The monoisotopic (exact) mass is 589 g/mol. The third-order valence-corrected chi connectivity index (χ3v) is 8.48. The van der Waals surface area contributed by atoms with Gasteiger partial charge in [-0.15, -0.1) is 0 Å². The van der Waals surface area contributed by atoms with Crippen molar-refractivity contribution in [2.24, 2.45) is 16.6 Å². The lowest BCUT2D eigenvalue weighted by atomic mass is 9.72. The molecule has 0 aliphatic carbocycles. The fourth-order valence-corrected chi connectivity index (χ4v) is 6.26. The highest BCUT2D eigenvalue weighted by Gasteiger charge is 2.44. The molecule has 11 nitrogen and oxygen atoms in total. The number of aliphatic imine (C=N–C) groups is 1. The number of non-ortho nitro benzene ring substituents is 1. The summed E-state index contributed by atoms with van der Waals surface area (Å²) in [5.41, 5.74) is 7.84. The number of nitro groups is 1. The maximum Gasteiger partial charge on any atom is 0.316 e. The van der Waals surface area contributed by atoms with Gasteiger partial charge in [0.05, 0.1) is 22.9 Å². The lowest BCUT2D eigenvalue weighted by Gasteiger charge is -2.40. The Labute approximate surface area is 251 Å². The number of carbonyl (C=O) groups is 3. The third kappa shape index (κ3) is 6.83. The molecule has 11 heteroatoms. The van der Waals surface area contributed by atoms with Gasteiger partial charge >= 0.3 is 5.97 Å². The summed E-state index contributed by atoms with van der Waals surface area (Å²) in [5.74, 6) is -2.73. The molecule has 0 bridgehead atoms. The minimum atomic E-state index is -0.858. The zero-order valence-electron chi connectivity index (χ0n) is 24.9. The fraction of sp³-hybridized carbons (Fsp3) is 0.438. The van der Waals surface area contributed by atoms with Gasteiger partial charge in [-0.1, -0.05) is 42.5 Å². The minimum absolute atomic E-state index is 0.0896. The largest absolute Gasteiger partial charge is 0.465 e. The number of benzene rings is 2. The van der Waals surface area contributed by atoms with E-state index >= 15 is 0 Å². The molecule has 0 radical (unpaired) electrons. The van der Waals surface area contributed by atoms with Crippen LogP contribution in [0.25, 0.3) is 0 Å². The van der Waals surface area contributed by atoms with Crippen molar-refractivity contribution < 1.29 is 24.0 Å². The summed E-state index contributed by atoms with van der Waals surface area (Å²) in [5, 5.41) is 14.1. The number of piperidine rings is 1. The van der Waals surface area contributed by atoms with Crippen LogP contribution in [0.2, 0.25) is 0 Å². The highest BCUT2D eigenvalue weighted by molar-refractivity contribution is 6.08. The van der Waals surface area contributed by atoms with Gasteiger partial charge in [0.15, 0.2) is 0 Å². The second-order valence-electron chi connectivity index (χ2n) is 11.1. The zero-order valence-corrected chi connectivity index (χ0v) is 24.9. The van der Waals surface area contributed by atoms with Crippen LogP contribution in [0.5, 0.6) is 0 Å². The number of hydrogen-bond donors (Lipinski definition) is 2. The number of likely N-dealkylation sites (tertiary alicyclic amines) is 1. The van der Waals surface area contributed by atoms with Crippen molar-refractivity contribution in [1.29, 1.82) is 0 Å². The number of carbonyl (C=O) groups excluding carboxylic acids is 3. The summed E-state index contributed by atoms with van der Waals surface area (Å²) in [7, 11) is 0. The number of ether oxygens (including phenoxy) is 1. The summed E-state index contributed by atoms with van der Waals surface area (Å²) in [6.45, 7) is 8.14. The van der Waals surface area contributed by atoms with Crippen molar-refractivity contribution in [3.05, 3.63) is 87.1 Å². The van der Waals surface area contributed by atoms with Crippen molar-refractivity contribution in [2.75, 3.05) is 32.8 Å². The molecular weight excluding hydrogens is 550 g/mol. The molecule has 0 spiro atoms. The van der Waals surface area contributed by atoms with E-state index in [1.807, 2.05) is 37.3 Å². The molecule has 4 rings (SSSR count). The lowest BCUT2D eigenvalue weighted by molar-refractivity contribution is -0.384. The first-order chi connectivity index (χ1) is 20.6. The quantitative estimate of drug-likeness (QED) is 0.175. The summed E-state index contributed by atoms with van der Waals surface area (Å²) in [6.07, 6.45) is 1.98. The second kappa shape index (κ2) is 13.7. The van der Waals surface area contributed by atoms with Gasteiger partial charge in [0, 0.05) is 41.6 Å². The molecule has 228 valence electrons. The molecule has 43 heavy (non-hydrogen) atoms. The number of allylic oxidation sites excluding steroid dienone is 1. The summed E-state index contributed by atoms with van der Waals surface area (Å²) in [4.78, 5) is 56.4. The number of esters is 1. The van der Waals surface area contributed by atoms with E-state index in [1.54, 1.807) is 26.0 Å². The van der Waals surface area contributed by atoms with Crippen LogP contribution in [0.3, 0.4) is 0 Å². The van der Waals surface area contributed by atoms with E-state index in [0.717, 1.165) is 25.2 Å². The zero-order chi connectivity index (χ0) is 31.1. The highest BCUT2D eigenvalue weighted by atomic mass is 16.6. The average Bonchev–Trinajstić information content (AvgIpc) is 2.99. The van der Waals surface area contributed by atoms with Crippen molar-refractivity contribution in [1.82, 2.24) is 10.2 Å². The standard InChI is InChI=1S/C32H39N5O6/c1-4-43-31(40)32(24-9-6-5-7-10-24)15-19-36(20-16-32)18-8-17-34-30(39)27-22(3)35-21(2)26(29(33)38)28(27)23-11-13-25(14-12-23)37(41)42/h5-7,9-14,26,28H,4,8,15-20H2,1-3H3,(H2,33,38)(H,34,39). The van der Waals surface area contributed by atoms with E-state index in [1.165, 1.54) is 12.1 Å². The predicted octanol–water partition coefficient (Wildman–Crippen LogP) is 3.63. The van der Waals surface area contributed by atoms with Crippen molar-refractivity contribution in [2.45, 2.75) is 51.4 Å². The lowest BCUT2D eigenvalue weighted by Crippen LogP contribution is -2.48. The van der Waals surface area contributed by atoms with Crippen LogP contribution in [0.15, 0.2) is 70.9 Å². The SMILES string of the molecule is CCOC(=O)C1(c2ccccc2)CCN(CCCNC(=O)C2=C(C)N=C(C)C(C(N)=O)C2c2ccc([N+](=O)[O-])cc2)CC1.